The number of carbonyl (C=O) groups excluding carboxylic acids is 1. The molecule has 0 radical (unpaired) electrons. The van der Waals surface area contributed by atoms with E-state index in [2.05, 4.69) is 5.16 Å². The number of aromatic nitrogens is 1. The van der Waals surface area contributed by atoms with Gasteiger partial charge in [0.25, 0.3) is 0 Å². The number of ketones is 1. The van der Waals surface area contributed by atoms with E-state index in [-0.39, 0.29) is 5.78 Å². The number of ether oxygens (including phenoxy) is 2. The summed E-state index contributed by atoms with van der Waals surface area (Å²) in [4.78, 5) is 11.4. The lowest BCUT2D eigenvalue weighted by Gasteiger charge is -2.05. The summed E-state index contributed by atoms with van der Waals surface area (Å²) in [6, 6.07) is 7.29. The molecule has 0 atom stereocenters. The SMILES string of the molecule is COCCOc1ccc(-c2oncc2C(C)=O)cc1. The van der Waals surface area contributed by atoms with Crippen LogP contribution in [0.1, 0.15) is 17.3 Å². The zero-order chi connectivity index (χ0) is 13.7. The van der Waals surface area contributed by atoms with Gasteiger partial charge in [0.2, 0.25) is 0 Å². The molecule has 5 heteroatoms. The van der Waals surface area contributed by atoms with E-state index in [4.69, 9.17) is 14.0 Å². The van der Waals surface area contributed by atoms with Gasteiger partial charge >= 0.3 is 0 Å². The van der Waals surface area contributed by atoms with Crippen molar-refractivity contribution in [3.8, 4) is 17.1 Å². The summed E-state index contributed by atoms with van der Waals surface area (Å²) in [7, 11) is 1.62. The number of benzene rings is 1. The Morgan fingerprint density at radius 2 is 2.00 bits per heavy atom. The fourth-order valence-corrected chi connectivity index (χ4v) is 1.64. The molecular weight excluding hydrogens is 246 g/mol. The van der Waals surface area contributed by atoms with E-state index in [1.165, 1.54) is 13.1 Å². The van der Waals surface area contributed by atoms with Crippen LogP contribution in [0.15, 0.2) is 35.0 Å². The van der Waals surface area contributed by atoms with Gasteiger partial charge in [0, 0.05) is 12.7 Å². The Kier molecular flexibility index (Phi) is 4.30. The standard InChI is InChI=1S/C14H15NO4/c1-10(16)13-9-15-19-14(13)11-3-5-12(6-4-11)18-8-7-17-2/h3-6,9H,7-8H2,1-2H3. The third kappa shape index (κ3) is 3.20. The molecule has 0 N–H and O–H groups in total. The number of carbonyl (C=O) groups is 1. The van der Waals surface area contributed by atoms with Crippen LogP contribution in [-0.4, -0.2) is 31.3 Å². The Bertz CT molecular complexity index is 545. The van der Waals surface area contributed by atoms with Gasteiger partial charge in [0.1, 0.15) is 12.4 Å². The molecule has 100 valence electrons. The van der Waals surface area contributed by atoms with E-state index in [9.17, 15) is 4.79 Å². The third-order valence-corrected chi connectivity index (χ3v) is 2.62. The predicted molar refractivity (Wildman–Crippen MR) is 69.3 cm³/mol. The van der Waals surface area contributed by atoms with Crippen molar-refractivity contribution in [1.82, 2.24) is 5.16 Å². The Balaban J connectivity index is 2.13. The molecule has 0 fully saturated rings. The smallest absolute Gasteiger partial charge is 0.177 e. The Morgan fingerprint density at radius 3 is 2.63 bits per heavy atom. The molecule has 0 aliphatic carbocycles. The second-order valence-electron chi connectivity index (χ2n) is 3.99. The zero-order valence-electron chi connectivity index (χ0n) is 10.9. The van der Waals surface area contributed by atoms with Crippen molar-refractivity contribution in [2.24, 2.45) is 0 Å². The molecule has 0 aliphatic heterocycles. The largest absolute Gasteiger partial charge is 0.491 e. The highest BCUT2D eigenvalue weighted by molar-refractivity contribution is 5.99. The van der Waals surface area contributed by atoms with Gasteiger partial charge < -0.3 is 14.0 Å². The molecule has 1 aromatic heterocycles. The molecule has 1 heterocycles. The molecule has 2 aromatic rings. The molecule has 0 aliphatic rings. The van der Waals surface area contributed by atoms with Gasteiger partial charge in [-0.25, -0.2) is 0 Å². The van der Waals surface area contributed by atoms with E-state index < -0.39 is 0 Å². The van der Waals surface area contributed by atoms with Crippen molar-refractivity contribution in [2.45, 2.75) is 6.92 Å². The highest BCUT2D eigenvalue weighted by Gasteiger charge is 2.14. The van der Waals surface area contributed by atoms with Crippen molar-refractivity contribution in [2.75, 3.05) is 20.3 Å². The summed E-state index contributed by atoms with van der Waals surface area (Å²) in [6.45, 7) is 2.52. The fraction of sp³-hybridized carbons (Fsp3) is 0.286. The lowest BCUT2D eigenvalue weighted by molar-refractivity contribution is 0.101. The molecule has 0 amide bonds. The summed E-state index contributed by atoms with van der Waals surface area (Å²) in [5.74, 6) is 1.15. The van der Waals surface area contributed by atoms with Crippen LogP contribution in [0.2, 0.25) is 0 Å². The first-order valence-electron chi connectivity index (χ1n) is 5.90. The molecule has 19 heavy (non-hydrogen) atoms. The Morgan fingerprint density at radius 1 is 1.26 bits per heavy atom. The average molecular weight is 261 g/mol. The summed E-state index contributed by atoms with van der Waals surface area (Å²) in [5.41, 5.74) is 1.27. The van der Waals surface area contributed by atoms with Gasteiger partial charge in [-0.05, 0) is 31.2 Å². The highest BCUT2D eigenvalue weighted by Crippen LogP contribution is 2.25. The summed E-state index contributed by atoms with van der Waals surface area (Å²) in [5, 5.41) is 3.66. The van der Waals surface area contributed by atoms with Crippen LogP contribution in [-0.2, 0) is 4.74 Å². The second kappa shape index (κ2) is 6.15. The summed E-state index contributed by atoms with van der Waals surface area (Å²) < 4.78 is 15.5. The lowest BCUT2D eigenvalue weighted by atomic mass is 10.1. The second-order valence-corrected chi connectivity index (χ2v) is 3.99. The maximum absolute atomic E-state index is 11.4. The molecular formula is C14H15NO4. The fourth-order valence-electron chi connectivity index (χ4n) is 1.64. The first-order valence-corrected chi connectivity index (χ1v) is 5.90. The van der Waals surface area contributed by atoms with Gasteiger partial charge in [0.15, 0.2) is 11.5 Å². The van der Waals surface area contributed by atoms with Gasteiger partial charge in [0.05, 0.1) is 18.4 Å². The Labute approximate surface area is 111 Å². The van der Waals surface area contributed by atoms with E-state index in [0.717, 1.165) is 11.3 Å². The highest BCUT2D eigenvalue weighted by atomic mass is 16.5. The van der Waals surface area contributed by atoms with Crippen molar-refractivity contribution in [3.63, 3.8) is 0 Å². The maximum atomic E-state index is 11.4. The van der Waals surface area contributed by atoms with Gasteiger partial charge in [-0.15, -0.1) is 0 Å². The molecule has 0 bridgehead atoms. The van der Waals surface area contributed by atoms with Gasteiger partial charge in [-0.3, -0.25) is 4.79 Å². The molecule has 5 nitrogen and oxygen atoms in total. The number of nitrogens with zero attached hydrogens (tertiary/aromatic N) is 1. The monoisotopic (exact) mass is 261 g/mol. The van der Waals surface area contributed by atoms with E-state index in [1.54, 1.807) is 7.11 Å². The first-order chi connectivity index (χ1) is 9.22. The van der Waals surface area contributed by atoms with Crippen LogP contribution in [0.25, 0.3) is 11.3 Å². The van der Waals surface area contributed by atoms with Crippen LogP contribution < -0.4 is 4.74 Å². The Hall–Kier alpha value is -2.14. The van der Waals surface area contributed by atoms with E-state index >= 15 is 0 Å². The summed E-state index contributed by atoms with van der Waals surface area (Å²) >= 11 is 0. The zero-order valence-corrected chi connectivity index (χ0v) is 10.9. The number of rotatable bonds is 6. The first kappa shape index (κ1) is 13.3. The number of Topliss-reactive ketones (excluding diaryl/α,β-unsaturated/α-hetero) is 1. The minimum absolute atomic E-state index is 0.0725. The van der Waals surface area contributed by atoms with Crippen molar-refractivity contribution in [1.29, 1.82) is 0 Å². The lowest BCUT2D eigenvalue weighted by Crippen LogP contribution is -2.03. The number of methoxy groups -OCH3 is 1. The quantitative estimate of drug-likeness (QED) is 0.590. The molecule has 0 spiro atoms. The molecule has 1 aromatic carbocycles. The van der Waals surface area contributed by atoms with Crippen LogP contribution in [0.4, 0.5) is 0 Å². The minimum atomic E-state index is -0.0725. The maximum Gasteiger partial charge on any atom is 0.177 e. The van der Waals surface area contributed by atoms with E-state index in [1.807, 2.05) is 24.3 Å². The van der Waals surface area contributed by atoms with Crippen molar-refractivity contribution >= 4 is 5.78 Å². The molecule has 0 saturated heterocycles. The van der Waals surface area contributed by atoms with Crippen LogP contribution in [0.3, 0.4) is 0 Å². The van der Waals surface area contributed by atoms with Gasteiger partial charge in [-0.1, -0.05) is 5.16 Å². The normalized spacial score (nSPS) is 10.4. The molecule has 0 unspecified atom stereocenters. The van der Waals surface area contributed by atoms with Crippen molar-refractivity contribution < 1.29 is 18.8 Å². The van der Waals surface area contributed by atoms with Crippen LogP contribution in [0, 0.1) is 0 Å². The number of hydrogen-bond donors (Lipinski definition) is 0. The minimum Gasteiger partial charge on any atom is -0.491 e. The number of hydrogen-bond acceptors (Lipinski definition) is 5. The molecule has 2 rings (SSSR count). The van der Waals surface area contributed by atoms with Crippen LogP contribution >= 0.6 is 0 Å². The molecule has 0 saturated carbocycles. The topological polar surface area (TPSA) is 61.6 Å². The van der Waals surface area contributed by atoms with Crippen LogP contribution in [0.5, 0.6) is 5.75 Å². The van der Waals surface area contributed by atoms with E-state index in [0.29, 0.717) is 24.5 Å². The third-order valence-electron chi connectivity index (χ3n) is 2.62. The predicted octanol–water partition coefficient (Wildman–Crippen LogP) is 2.57. The average Bonchev–Trinajstić information content (AvgIpc) is 2.89. The summed E-state index contributed by atoms with van der Waals surface area (Å²) in [6.07, 6.45) is 1.43. The van der Waals surface area contributed by atoms with Crippen molar-refractivity contribution in [3.05, 3.63) is 36.0 Å². The van der Waals surface area contributed by atoms with Gasteiger partial charge in [-0.2, -0.15) is 0 Å².